The Morgan fingerprint density at radius 3 is 2.47 bits per heavy atom. The number of para-hydroxylation sites is 1. The molecule has 0 aliphatic rings. The number of rotatable bonds is 7. The standard InChI is InChI=1S/C26H23F3N6O3/c1-4-38-24(37)20-14-30-25(35-16(3)12-15(2)34-35)33-22(20)32-21-11-6-5-10-19(21)23(36)31-18-9-7-8-17(13-18)26(27,28)29/h5-14H,4H2,1-3H3,(H,31,36)(H,30,32,33). The van der Waals surface area contributed by atoms with Crippen molar-refractivity contribution in [3.63, 3.8) is 0 Å². The second-order valence-electron chi connectivity index (χ2n) is 8.19. The van der Waals surface area contributed by atoms with Gasteiger partial charge < -0.3 is 15.4 Å². The van der Waals surface area contributed by atoms with Gasteiger partial charge in [-0.05, 0) is 57.2 Å². The zero-order valence-electron chi connectivity index (χ0n) is 20.6. The Balaban J connectivity index is 1.70. The summed E-state index contributed by atoms with van der Waals surface area (Å²) in [4.78, 5) is 34.4. The molecule has 38 heavy (non-hydrogen) atoms. The van der Waals surface area contributed by atoms with Gasteiger partial charge in [-0.15, -0.1) is 0 Å². The first-order chi connectivity index (χ1) is 18.1. The molecule has 0 radical (unpaired) electrons. The third-order valence-electron chi connectivity index (χ3n) is 5.34. The molecule has 2 aromatic heterocycles. The fourth-order valence-corrected chi connectivity index (χ4v) is 3.65. The molecular weight excluding hydrogens is 501 g/mol. The maximum atomic E-state index is 13.1. The van der Waals surface area contributed by atoms with Crippen LogP contribution in [-0.4, -0.2) is 38.2 Å². The van der Waals surface area contributed by atoms with Crippen LogP contribution in [0.5, 0.6) is 0 Å². The number of anilines is 3. The summed E-state index contributed by atoms with van der Waals surface area (Å²) < 4.78 is 45.9. The molecule has 0 atom stereocenters. The average Bonchev–Trinajstić information content (AvgIpc) is 3.21. The first-order valence-electron chi connectivity index (χ1n) is 11.5. The van der Waals surface area contributed by atoms with Gasteiger partial charge in [0.25, 0.3) is 11.9 Å². The fraction of sp³-hybridized carbons (Fsp3) is 0.192. The van der Waals surface area contributed by atoms with Gasteiger partial charge in [0.05, 0.1) is 29.1 Å². The van der Waals surface area contributed by atoms with Crippen LogP contribution in [0, 0.1) is 13.8 Å². The van der Waals surface area contributed by atoms with Gasteiger partial charge in [0, 0.05) is 17.6 Å². The number of nitrogens with zero attached hydrogens (tertiary/aromatic N) is 4. The van der Waals surface area contributed by atoms with E-state index in [1.807, 2.05) is 19.9 Å². The minimum atomic E-state index is -4.56. The minimum Gasteiger partial charge on any atom is -0.462 e. The van der Waals surface area contributed by atoms with E-state index in [-0.39, 0.29) is 40.9 Å². The summed E-state index contributed by atoms with van der Waals surface area (Å²) in [6.07, 6.45) is -3.26. The lowest BCUT2D eigenvalue weighted by Gasteiger charge is -2.15. The molecule has 12 heteroatoms. The van der Waals surface area contributed by atoms with Crippen LogP contribution in [0.2, 0.25) is 0 Å². The van der Waals surface area contributed by atoms with Crippen molar-refractivity contribution in [1.82, 2.24) is 19.7 Å². The van der Waals surface area contributed by atoms with Gasteiger partial charge in [-0.3, -0.25) is 4.79 Å². The Morgan fingerprint density at radius 2 is 1.79 bits per heavy atom. The zero-order valence-corrected chi connectivity index (χ0v) is 20.6. The van der Waals surface area contributed by atoms with Crippen molar-refractivity contribution in [2.24, 2.45) is 0 Å². The van der Waals surface area contributed by atoms with Crippen LogP contribution >= 0.6 is 0 Å². The first kappa shape index (κ1) is 26.3. The van der Waals surface area contributed by atoms with Crippen LogP contribution in [-0.2, 0) is 10.9 Å². The summed E-state index contributed by atoms with van der Waals surface area (Å²) in [5.41, 5.74) is 0.959. The molecule has 0 saturated heterocycles. The van der Waals surface area contributed by atoms with Crippen LogP contribution in [0.25, 0.3) is 5.95 Å². The predicted molar refractivity (Wildman–Crippen MR) is 134 cm³/mol. The van der Waals surface area contributed by atoms with Crippen molar-refractivity contribution in [3.8, 4) is 5.95 Å². The summed E-state index contributed by atoms with van der Waals surface area (Å²) in [7, 11) is 0. The summed E-state index contributed by atoms with van der Waals surface area (Å²) >= 11 is 0. The molecule has 0 saturated carbocycles. The molecule has 196 valence electrons. The lowest BCUT2D eigenvalue weighted by atomic mass is 10.1. The zero-order chi connectivity index (χ0) is 27.4. The average molecular weight is 525 g/mol. The first-order valence-corrected chi connectivity index (χ1v) is 11.5. The van der Waals surface area contributed by atoms with E-state index < -0.39 is 23.6 Å². The van der Waals surface area contributed by atoms with E-state index in [0.29, 0.717) is 0 Å². The Bertz CT molecular complexity index is 1500. The Labute approximate surface area is 215 Å². The van der Waals surface area contributed by atoms with Gasteiger partial charge in [0.15, 0.2) is 5.82 Å². The van der Waals surface area contributed by atoms with Gasteiger partial charge in [0.1, 0.15) is 5.56 Å². The van der Waals surface area contributed by atoms with Crippen molar-refractivity contribution in [3.05, 3.63) is 88.9 Å². The van der Waals surface area contributed by atoms with Crippen LogP contribution in [0.4, 0.5) is 30.4 Å². The maximum Gasteiger partial charge on any atom is 0.416 e. The molecule has 2 heterocycles. The number of carbonyl (C=O) groups is 2. The van der Waals surface area contributed by atoms with Crippen molar-refractivity contribution >= 4 is 29.1 Å². The molecule has 0 aliphatic heterocycles. The fourth-order valence-electron chi connectivity index (χ4n) is 3.65. The monoisotopic (exact) mass is 524 g/mol. The number of carbonyl (C=O) groups excluding carboxylic acids is 2. The van der Waals surface area contributed by atoms with Crippen LogP contribution in [0.3, 0.4) is 0 Å². The minimum absolute atomic E-state index is 0.0187. The predicted octanol–water partition coefficient (Wildman–Crippen LogP) is 5.47. The number of benzene rings is 2. The van der Waals surface area contributed by atoms with Crippen LogP contribution in [0.15, 0.2) is 60.8 Å². The topological polar surface area (TPSA) is 111 Å². The number of ether oxygens (including phenoxy) is 1. The smallest absolute Gasteiger partial charge is 0.416 e. The third kappa shape index (κ3) is 5.80. The van der Waals surface area contributed by atoms with E-state index in [0.717, 1.165) is 23.5 Å². The number of alkyl halides is 3. The lowest BCUT2D eigenvalue weighted by molar-refractivity contribution is -0.137. The molecule has 4 rings (SSSR count). The highest BCUT2D eigenvalue weighted by Gasteiger charge is 2.30. The third-order valence-corrected chi connectivity index (χ3v) is 5.34. The van der Waals surface area contributed by atoms with Crippen molar-refractivity contribution in [1.29, 1.82) is 0 Å². The molecule has 1 amide bonds. The number of nitrogens with one attached hydrogen (secondary N) is 2. The van der Waals surface area contributed by atoms with E-state index >= 15 is 0 Å². The SMILES string of the molecule is CCOC(=O)c1cnc(-n2nc(C)cc2C)nc1Nc1ccccc1C(=O)Nc1cccc(C(F)(F)F)c1. The molecule has 4 aromatic rings. The van der Waals surface area contributed by atoms with E-state index in [1.165, 1.54) is 29.1 Å². The maximum absolute atomic E-state index is 13.1. The normalized spacial score (nSPS) is 11.2. The Hall–Kier alpha value is -4.74. The number of amides is 1. The van der Waals surface area contributed by atoms with Crippen LogP contribution < -0.4 is 10.6 Å². The van der Waals surface area contributed by atoms with E-state index in [9.17, 15) is 22.8 Å². The molecule has 2 aromatic carbocycles. The van der Waals surface area contributed by atoms with Crippen LogP contribution in [0.1, 0.15) is 44.6 Å². The highest BCUT2D eigenvalue weighted by molar-refractivity contribution is 6.08. The molecule has 0 unspecified atom stereocenters. The Kier molecular flexibility index (Phi) is 7.42. The summed E-state index contributed by atoms with van der Waals surface area (Å²) in [6, 6.07) is 12.5. The molecule has 0 aliphatic carbocycles. The van der Waals surface area contributed by atoms with Gasteiger partial charge in [-0.2, -0.15) is 23.3 Å². The van der Waals surface area contributed by atoms with Gasteiger partial charge in [0.2, 0.25) is 0 Å². The molecular formula is C26H23F3N6O3. The number of esters is 1. The van der Waals surface area contributed by atoms with Crippen molar-refractivity contribution in [2.45, 2.75) is 26.9 Å². The number of hydrogen-bond donors (Lipinski definition) is 2. The molecule has 9 nitrogen and oxygen atoms in total. The van der Waals surface area contributed by atoms with Crippen molar-refractivity contribution < 1.29 is 27.5 Å². The molecule has 0 bridgehead atoms. The Morgan fingerprint density at radius 1 is 1.03 bits per heavy atom. The number of aromatic nitrogens is 4. The van der Waals surface area contributed by atoms with E-state index in [2.05, 4.69) is 25.7 Å². The summed E-state index contributed by atoms with van der Waals surface area (Å²) in [6.45, 7) is 5.41. The summed E-state index contributed by atoms with van der Waals surface area (Å²) in [5, 5.41) is 9.83. The van der Waals surface area contributed by atoms with Gasteiger partial charge in [-0.1, -0.05) is 18.2 Å². The number of hydrogen-bond acceptors (Lipinski definition) is 7. The highest BCUT2D eigenvalue weighted by atomic mass is 19.4. The number of halogens is 3. The largest absolute Gasteiger partial charge is 0.462 e. The molecule has 0 spiro atoms. The lowest BCUT2D eigenvalue weighted by Crippen LogP contribution is -2.17. The highest BCUT2D eigenvalue weighted by Crippen LogP contribution is 2.31. The quantitative estimate of drug-likeness (QED) is 0.309. The van der Waals surface area contributed by atoms with Crippen molar-refractivity contribution in [2.75, 3.05) is 17.2 Å². The van der Waals surface area contributed by atoms with E-state index in [4.69, 9.17) is 4.74 Å². The second kappa shape index (κ2) is 10.7. The second-order valence-corrected chi connectivity index (χ2v) is 8.19. The molecule has 2 N–H and O–H groups in total. The van der Waals surface area contributed by atoms with E-state index in [1.54, 1.807) is 25.1 Å². The van der Waals surface area contributed by atoms with Gasteiger partial charge in [-0.25, -0.2) is 14.5 Å². The summed E-state index contributed by atoms with van der Waals surface area (Å²) in [5.74, 6) is -1.11. The number of aryl methyl sites for hydroxylation is 2. The van der Waals surface area contributed by atoms with Gasteiger partial charge >= 0.3 is 12.1 Å². The molecule has 0 fully saturated rings.